The van der Waals surface area contributed by atoms with Crippen molar-refractivity contribution in [1.29, 1.82) is 0 Å². The van der Waals surface area contributed by atoms with Gasteiger partial charge in [-0.05, 0) is 30.3 Å². The second-order valence-corrected chi connectivity index (χ2v) is 6.69. The highest BCUT2D eigenvalue weighted by Crippen LogP contribution is 2.28. The second kappa shape index (κ2) is 6.84. The highest BCUT2D eigenvalue weighted by atomic mass is 32.1. The molecule has 0 saturated heterocycles. The van der Waals surface area contributed by atoms with Crippen molar-refractivity contribution < 1.29 is 9.53 Å². The first-order valence-electron chi connectivity index (χ1n) is 8.54. The Bertz CT molecular complexity index is 1420. The van der Waals surface area contributed by atoms with Crippen molar-refractivity contribution in [3.05, 3.63) is 70.8 Å². The first kappa shape index (κ1) is 17.1. The zero-order valence-corrected chi connectivity index (χ0v) is 15.5. The fourth-order valence-electron chi connectivity index (χ4n) is 2.89. The number of fused-ring (bicyclic) bond motifs is 2. The Labute approximate surface area is 166 Å². The van der Waals surface area contributed by atoms with Crippen LogP contribution < -0.4 is 15.7 Å². The van der Waals surface area contributed by atoms with Gasteiger partial charge >= 0.3 is 5.69 Å². The average Bonchev–Trinajstić information content (AvgIpc) is 3.33. The van der Waals surface area contributed by atoms with Gasteiger partial charge in [0.15, 0.2) is 11.4 Å². The largest absolute Gasteiger partial charge is 0.455 e. The number of carbonyl (C=O) groups excluding carboxylic acids is 1. The quantitative estimate of drug-likeness (QED) is 0.422. The van der Waals surface area contributed by atoms with Gasteiger partial charge in [0.2, 0.25) is 0 Å². The number of aromatic amines is 2. The molecule has 0 aliphatic carbocycles. The molecule has 0 unspecified atom stereocenters. The lowest BCUT2D eigenvalue weighted by Gasteiger charge is -2.09. The van der Waals surface area contributed by atoms with Crippen molar-refractivity contribution in [2.45, 2.75) is 0 Å². The average molecular weight is 404 g/mol. The molecule has 29 heavy (non-hydrogen) atoms. The Balaban J connectivity index is 1.39. The number of H-pyrrole nitrogens is 2. The third-order valence-electron chi connectivity index (χ3n) is 4.22. The Hall–Kier alpha value is -4.05. The molecule has 9 nitrogen and oxygen atoms in total. The summed E-state index contributed by atoms with van der Waals surface area (Å²) < 4.78 is 14.2. The second-order valence-electron chi connectivity index (χ2n) is 6.16. The zero-order valence-electron chi connectivity index (χ0n) is 14.7. The monoisotopic (exact) mass is 404 g/mol. The Morgan fingerprint density at radius 1 is 1.03 bits per heavy atom. The van der Waals surface area contributed by atoms with Crippen LogP contribution in [0.25, 0.3) is 22.2 Å². The van der Waals surface area contributed by atoms with E-state index in [0.29, 0.717) is 39.4 Å². The molecule has 5 rings (SSSR count). The summed E-state index contributed by atoms with van der Waals surface area (Å²) in [5.74, 6) is 0.674. The van der Waals surface area contributed by atoms with Gasteiger partial charge in [0.05, 0.1) is 11.7 Å². The van der Waals surface area contributed by atoms with Crippen molar-refractivity contribution in [2.75, 3.05) is 5.32 Å². The van der Waals surface area contributed by atoms with Crippen molar-refractivity contribution in [3.63, 3.8) is 0 Å². The molecule has 3 heterocycles. The molecule has 0 atom stereocenters. The van der Waals surface area contributed by atoms with Crippen LogP contribution in [0.15, 0.2) is 59.5 Å². The van der Waals surface area contributed by atoms with Gasteiger partial charge in [-0.3, -0.25) is 9.78 Å². The molecule has 3 N–H and O–H groups in total. The van der Waals surface area contributed by atoms with Crippen molar-refractivity contribution in [3.8, 4) is 11.5 Å². The van der Waals surface area contributed by atoms with E-state index in [1.807, 2.05) is 0 Å². The molecule has 0 aliphatic heterocycles. The van der Waals surface area contributed by atoms with Gasteiger partial charge in [-0.15, -0.1) is 0 Å². The van der Waals surface area contributed by atoms with Crippen LogP contribution in [-0.4, -0.2) is 29.6 Å². The normalized spacial score (nSPS) is 11.0. The Kier molecular flexibility index (Phi) is 4.03. The highest BCUT2D eigenvalue weighted by molar-refractivity contribution is 7.00. The van der Waals surface area contributed by atoms with E-state index in [9.17, 15) is 9.59 Å². The number of nitrogens with one attached hydrogen (secondary N) is 3. The van der Waals surface area contributed by atoms with Crippen LogP contribution in [0, 0.1) is 0 Å². The number of hydrogen-bond donors (Lipinski definition) is 3. The van der Waals surface area contributed by atoms with E-state index in [1.165, 1.54) is 6.20 Å². The summed E-state index contributed by atoms with van der Waals surface area (Å²) in [4.78, 5) is 33.4. The predicted molar refractivity (Wildman–Crippen MR) is 109 cm³/mol. The van der Waals surface area contributed by atoms with Crippen LogP contribution >= 0.6 is 11.7 Å². The maximum atomic E-state index is 12.6. The van der Waals surface area contributed by atoms with E-state index in [1.54, 1.807) is 48.5 Å². The molecule has 3 aromatic heterocycles. The molecule has 0 spiro atoms. The predicted octanol–water partition coefficient (Wildman–Crippen LogP) is 3.30. The number of pyridine rings is 1. The summed E-state index contributed by atoms with van der Waals surface area (Å²) in [6.07, 6.45) is 1.54. The smallest absolute Gasteiger partial charge is 0.325 e. The fourth-order valence-corrected chi connectivity index (χ4v) is 3.41. The van der Waals surface area contributed by atoms with E-state index < -0.39 is 0 Å². The SMILES string of the molecule is O=C(Nc1cccc(Oc2ccnc3[nH]c(=O)[nH]c23)c1)c1ccc2nsnc2c1. The lowest BCUT2D eigenvalue weighted by atomic mass is 10.2. The molecule has 0 fully saturated rings. The Morgan fingerprint density at radius 3 is 2.86 bits per heavy atom. The lowest BCUT2D eigenvalue weighted by Crippen LogP contribution is -2.11. The maximum Gasteiger partial charge on any atom is 0.325 e. The number of anilines is 1. The minimum absolute atomic E-state index is 0.265. The fraction of sp³-hybridized carbons (Fsp3) is 0. The van der Waals surface area contributed by atoms with Gasteiger partial charge in [-0.2, -0.15) is 8.75 Å². The van der Waals surface area contributed by atoms with Crippen molar-refractivity contribution in [2.24, 2.45) is 0 Å². The van der Waals surface area contributed by atoms with Crippen LogP contribution in [-0.2, 0) is 0 Å². The summed E-state index contributed by atoms with van der Waals surface area (Å²) in [7, 11) is 0. The third kappa shape index (κ3) is 3.32. The summed E-state index contributed by atoms with van der Waals surface area (Å²) in [5.41, 5.74) is 3.00. The first-order chi connectivity index (χ1) is 14.2. The number of nitrogens with zero attached hydrogens (tertiary/aromatic N) is 3. The summed E-state index contributed by atoms with van der Waals surface area (Å²) in [6.45, 7) is 0. The molecule has 142 valence electrons. The van der Waals surface area contributed by atoms with Gasteiger partial charge in [0, 0.05) is 29.6 Å². The molecule has 0 radical (unpaired) electrons. The summed E-state index contributed by atoms with van der Waals surface area (Å²) in [6, 6.07) is 13.8. The van der Waals surface area contributed by atoms with Crippen molar-refractivity contribution in [1.82, 2.24) is 23.7 Å². The molecule has 0 bridgehead atoms. The lowest BCUT2D eigenvalue weighted by molar-refractivity contribution is 0.102. The first-order valence-corrected chi connectivity index (χ1v) is 9.27. The van der Waals surface area contributed by atoms with E-state index in [4.69, 9.17) is 4.74 Å². The van der Waals surface area contributed by atoms with Crippen LogP contribution in [0.2, 0.25) is 0 Å². The number of imidazole rings is 1. The standard InChI is InChI=1S/C19H12N6O3S/c26-18(10-4-5-13-14(8-10)25-29-24-13)21-11-2-1-3-12(9-11)28-15-6-7-20-17-16(15)22-19(27)23-17/h1-9H,(H,21,26)(H2,20,22,23,27). The third-order valence-corrected chi connectivity index (χ3v) is 4.78. The molecule has 0 aliphatic rings. The van der Waals surface area contributed by atoms with Gasteiger partial charge in [-0.1, -0.05) is 6.07 Å². The van der Waals surface area contributed by atoms with Crippen LogP contribution in [0.3, 0.4) is 0 Å². The number of aromatic nitrogens is 5. The minimum Gasteiger partial charge on any atom is -0.455 e. The topological polar surface area (TPSA) is 126 Å². The number of carbonyl (C=O) groups is 1. The number of ether oxygens (including phenoxy) is 1. The van der Waals surface area contributed by atoms with E-state index >= 15 is 0 Å². The highest BCUT2D eigenvalue weighted by Gasteiger charge is 2.11. The van der Waals surface area contributed by atoms with E-state index in [2.05, 4.69) is 29.0 Å². The van der Waals surface area contributed by atoms with Gasteiger partial charge in [0.25, 0.3) is 5.91 Å². The van der Waals surface area contributed by atoms with Gasteiger partial charge in [-0.25, -0.2) is 9.78 Å². The molecule has 2 aromatic carbocycles. The molecule has 10 heteroatoms. The van der Waals surface area contributed by atoms with Crippen LogP contribution in [0.1, 0.15) is 10.4 Å². The van der Waals surface area contributed by atoms with Crippen LogP contribution in [0.5, 0.6) is 11.5 Å². The van der Waals surface area contributed by atoms with Crippen molar-refractivity contribution >= 4 is 45.5 Å². The number of hydrogen-bond acceptors (Lipinski definition) is 7. The summed E-state index contributed by atoms with van der Waals surface area (Å²) >= 11 is 1.11. The number of amides is 1. The zero-order chi connectivity index (χ0) is 19.8. The number of rotatable bonds is 4. The molecule has 0 saturated carbocycles. The minimum atomic E-state index is -0.364. The van der Waals surface area contributed by atoms with Crippen LogP contribution in [0.4, 0.5) is 5.69 Å². The summed E-state index contributed by atoms with van der Waals surface area (Å²) in [5, 5.41) is 2.84. The van der Waals surface area contributed by atoms with Gasteiger partial charge in [0.1, 0.15) is 22.3 Å². The molecular formula is C19H12N6O3S. The number of benzene rings is 2. The van der Waals surface area contributed by atoms with E-state index in [0.717, 1.165) is 17.2 Å². The molecule has 5 aromatic rings. The van der Waals surface area contributed by atoms with Gasteiger partial charge < -0.3 is 15.0 Å². The maximum absolute atomic E-state index is 12.6. The molecular weight excluding hydrogens is 392 g/mol. The van der Waals surface area contributed by atoms with E-state index in [-0.39, 0.29) is 11.6 Å². The molecule has 1 amide bonds. The Morgan fingerprint density at radius 2 is 1.93 bits per heavy atom.